The van der Waals surface area contributed by atoms with E-state index in [1.807, 2.05) is 0 Å². The molecule has 1 aliphatic rings. The molecule has 1 aromatic rings. The van der Waals surface area contributed by atoms with E-state index in [1.165, 1.54) is 26.2 Å². The summed E-state index contributed by atoms with van der Waals surface area (Å²) in [4.78, 5) is 37.9. The number of carbonyl (C=O) groups excluding carboxylic acids is 2. The van der Waals surface area contributed by atoms with Crippen LogP contribution in [-0.4, -0.2) is 62.1 Å². The van der Waals surface area contributed by atoms with Gasteiger partial charge in [-0.1, -0.05) is 0 Å². The molecule has 130 valence electrons. The highest BCUT2D eigenvalue weighted by Gasteiger charge is 2.37. The van der Waals surface area contributed by atoms with Crippen LogP contribution < -0.4 is 14.4 Å². The fourth-order valence-corrected chi connectivity index (χ4v) is 2.66. The Morgan fingerprint density at radius 3 is 2.33 bits per heavy atom. The number of benzene rings is 1. The summed E-state index contributed by atoms with van der Waals surface area (Å²) in [7, 11) is 4.44. The first-order valence-electron chi connectivity index (χ1n) is 7.36. The van der Waals surface area contributed by atoms with E-state index in [-0.39, 0.29) is 24.8 Å². The minimum absolute atomic E-state index is 0.0440. The predicted molar refractivity (Wildman–Crippen MR) is 85.3 cm³/mol. The van der Waals surface area contributed by atoms with E-state index in [4.69, 9.17) is 14.6 Å². The quantitative estimate of drug-likeness (QED) is 0.817. The highest BCUT2D eigenvalue weighted by Crippen LogP contribution is 2.32. The maximum atomic E-state index is 12.3. The van der Waals surface area contributed by atoms with Crippen LogP contribution in [0.1, 0.15) is 6.42 Å². The summed E-state index contributed by atoms with van der Waals surface area (Å²) in [5.41, 5.74) is 0.576. The van der Waals surface area contributed by atoms with Crippen LogP contribution in [0.5, 0.6) is 11.5 Å². The molecule has 1 fully saturated rings. The average molecular weight is 336 g/mol. The van der Waals surface area contributed by atoms with Gasteiger partial charge in [0.2, 0.25) is 11.8 Å². The van der Waals surface area contributed by atoms with Crippen molar-refractivity contribution < 1.29 is 29.0 Å². The number of rotatable bonds is 6. The molecule has 2 rings (SSSR count). The number of methoxy groups -OCH3 is 2. The lowest BCUT2D eigenvalue weighted by Crippen LogP contribution is -2.37. The molecule has 1 atom stereocenters. The SMILES string of the molecule is COc1cc(OC)cc(N2CC(C(=O)N(C)CC(=O)O)CC2=O)c1. The molecule has 0 spiro atoms. The molecule has 1 N–H and O–H groups in total. The average Bonchev–Trinajstić information content (AvgIpc) is 2.94. The summed E-state index contributed by atoms with van der Waals surface area (Å²) in [5.74, 6) is -1.15. The molecule has 1 aliphatic heterocycles. The monoisotopic (exact) mass is 336 g/mol. The summed E-state index contributed by atoms with van der Waals surface area (Å²) >= 11 is 0. The van der Waals surface area contributed by atoms with Crippen LogP contribution in [0, 0.1) is 5.92 Å². The van der Waals surface area contributed by atoms with Crippen LogP contribution >= 0.6 is 0 Å². The number of amides is 2. The van der Waals surface area contributed by atoms with Crippen molar-refractivity contribution in [2.75, 3.05) is 39.3 Å². The number of nitrogens with zero attached hydrogens (tertiary/aromatic N) is 2. The minimum atomic E-state index is -1.09. The summed E-state index contributed by atoms with van der Waals surface area (Å²) in [6.45, 7) is -0.200. The first kappa shape index (κ1) is 17.6. The first-order chi connectivity index (χ1) is 11.3. The summed E-state index contributed by atoms with van der Waals surface area (Å²) in [6, 6.07) is 5.07. The number of hydrogen-bond acceptors (Lipinski definition) is 5. The van der Waals surface area contributed by atoms with E-state index < -0.39 is 18.4 Å². The largest absolute Gasteiger partial charge is 0.497 e. The first-order valence-corrected chi connectivity index (χ1v) is 7.36. The number of hydrogen-bond donors (Lipinski definition) is 1. The fraction of sp³-hybridized carbons (Fsp3) is 0.438. The molecule has 1 unspecified atom stereocenters. The van der Waals surface area contributed by atoms with Crippen molar-refractivity contribution in [2.24, 2.45) is 5.92 Å². The number of ether oxygens (including phenoxy) is 2. The standard InChI is InChI=1S/C16H20N2O6/c1-17(9-15(20)21)16(22)10-4-14(19)18(8-10)11-5-12(23-2)7-13(6-11)24-3/h5-7,10H,4,8-9H2,1-3H3,(H,20,21). The van der Waals surface area contributed by atoms with E-state index in [2.05, 4.69) is 0 Å². The third-order valence-corrected chi connectivity index (χ3v) is 3.87. The Kier molecular flexibility index (Phi) is 5.28. The summed E-state index contributed by atoms with van der Waals surface area (Å²) in [6.07, 6.45) is 0.0440. The Morgan fingerprint density at radius 2 is 1.83 bits per heavy atom. The van der Waals surface area contributed by atoms with Gasteiger partial charge in [0.05, 0.1) is 25.8 Å². The molecule has 8 heteroatoms. The molecule has 0 aromatic heterocycles. The molecule has 2 amide bonds. The van der Waals surface area contributed by atoms with Crippen molar-refractivity contribution >= 4 is 23.5 Å². The van der Waals surface area contributed by atoms with Gasteiger partial charge in [-0.3, -0.25) is 14.4 Å². The van der Waals surface area contributed by atoms with Crippen LogP contribution in [0.15, 0.2) is 18.2 Å². The van der Waals surface area contributed by atoms with Crippen LogP contribution in [-0.2, 0) is 14.4 Å². The second kappa shape index (κ2) is 7.20. The summed E-state index contributed by atoms with van der Waals surface area (Å²) in [5, 5.41) is 8.77. The van der Waals surface area contributed by atoms with Crippen LogP contribution in [0.3, 0.4) is 0 Å². The number of carbonyl (C=O) groups is 3. The highest BCUT2D eigenvalue weighted by molar-refractivity contribution is 6.00. The molecule has 24 heavy (non-hydrogen) atoms. The van der Waals surface area contributed by atoms with Gasteiger partial charge in [0.25, 0.3) is 0 Å². The highest BCUT2D eigenvalue weighted by atomic mass is 16.5. The van der Waals surface area contributed by atoms with E-state index in [0.29, 0.717) is 17.2 Å². The van der Waals surface area contributed by atoms with Crippen LogP contribution in [0.25, 0.3) is 0 Å². The van der Waals surface area contributed by atoms with Crippen molar-refractivity contribution in [3.63, 3.8) is 0 Å². The number of carboxylic acids is 1. The third-order valence-electron chi connectivity index (χ3n) is 3.87. The minimum Gasteiger partial charge on any atom is -0.497 e. The zero-order valence-electron chi connectivity index (χ0n) is 13.8. The van der Waals surface area contributed by atoms with Crippen molar-refractivity contribution in [3.8, 4) is 11.5 Å². The molecule has 0 radical (unpaired) electrons. The zero-order chi connectivity index (χ0) is 17.9. The number of carboxylic acid groups (broad SMARTS) is 1. The van der Waals surface area contributed by atoms with E-state index in [0.717, 1.165) is 4.90 Å². The number of aliphatic carboxylic acids is 1. The third kappa shape index (κ3) is 3.76. The lowest BCUT2D eigenvalue weighted by molar-refractivity contribution is -0.145. The van der Waals surface area contributed by atoms with E-state index in [9.17, 15) is 14.4 Å². The molecule has 0 bridgehead atoms. The molecular weight excluding hydrogens is 316 g/mol. The molecule has 1 saturated heterocycles. The van der Waals surface area contributed by atoms with Gasteiger partial charge < -0.3 is 24.4 Å². The number of anilines is 1. The molecule has 1 aromatic carbocycles. The van der Waals surface area contributed by atoms with Gasteiger partial charge in [-0.2, -0.15) is 0 Å². The van der Waals surface area contributed by atoms with Crippen LogP contribution in [0.4, 0.5) is 5.69 Å². The van der Waals surface area contributed by atoms with Gasteiger partial charge in [-0.25, -0.2) is 0 Å². The van der Waals surface area contributed by atoms with Crippen LogP contribution in [0.2, 0.25) is 0 Å². The Balaban J connectivity index is 2.18. The van der Waals surface area contributed by atoms with Crippen molar-refractivity contribution in [3.05, 3.63) is 18.2 Å². The molecular formula is C16H20N2O6. The van der Waals surface area contributed by atoms with Crippen molar-refractivity contribution in [1.29, 1.82) is 0 Å². The lowest BCUT2D eigenvalue weighted by atomic mass is 10.1. The molecule has 0 saturated carbocycles. The maximum absolute atomic E-state index is 12.3. The fourth-order valence-electron chi connectivity index (χ4n) is 2.66. The lowest BCUT2D eigenvalue weighted by Gasteiger charge is -2.20. The van der Waals surface area contributed by atoms with Gasteiger partial charge in [-0.05, 0) is 0 Å². The normalized spacial score (nSPS) is 16.9. The Hall–Kier alpha value is -2.77. The number of likely N-dealkylation sites (N-methyl/N-ethyl adjacent to an activating group) is 1. The second-order valence-corrected chi connectivity index (χ2v) is 5.56. The Bertz CT molecular complexity index is 638. The molecule has 8 nitrogen and oxygen atoms in total. The van der Waals surface area contributed by atoms with Gasteiger partial charge in [0, 0.05) is 38.2 Å². The van der Waals surface area contributed by atoms with Crippen molar-refractivity contribution in [1.82, 2.24) is 4.90 Å². The predicted octanol–water partition coefficient (Wildman–Crippen LogP) is 0.600. The van der Waals surface area contributed by atoms with Gasteiger partial charge in [0.1, 0.15) is 18.0 Å². The van der Waals surface area contributed by atoms with Crippen molar-refractivity contribution in [2.45, 2.75) is 6.42 Å². The molecule has 1 heterocycles. The Morgan fingerprint density at radius 1 is 1.25 bits per heavy atom. The van der Waals surface area contributed by atoms with Gasteiger partial charge >= 0.3 is 5.97 Å². The van der Waals surface area contributed by atoms with E-state index >= 15 is 0 Å². The second-order valence-electron chi connectivity index (χ2n) is 5.56. The van der Waals surface area contributed by atoms with E-state index in [1.54, 1.807) is 18.2 Å². The zero-order valence-corrected chi connectivity index (χ0v) is 13.8. The topological polar surface area (TPSA) is 96.4 Å². The van der Waals surface area contributed by atoms with Gasteiger partial charge in [-0.15, -0.1) is 0 Å². The Labute approximate surface area is 139 Å². The maximum Gasteiger partial charge on any atom is 0.323 e. The summed E-state index contributed by atoms with van der Waals surface area (Å²) < 4.78 is 10.4. The van der Waals surface area contributed by atoms with Gasteiger partial charge in [0.15, 0.2) is 0 Å². The smallest absolute Gasteiger partial charge is 0.323 e. The molecule has 0 aliphatic carbocycles.